The summed E-state index contributed by atoms with van der Waals surface area (Å²) in [5.41, 5.74) is 3.25. The molecule has 2 heterocycles. The Bertz CT molecular complexity index is 1120. The summed E-state index contributed by atoms with van der Waals surface area (Å²) in [5.74, 6) is -1.26. The van der Waals surface area contributed by atoms with Crippen molar-refractivity contribution in [1.82, 2.24) is 14.1 Å². The highest BCUT2D eigenvalue weighted by molar-refractivity contribution is 5.86. The Morgan fingerprint density at radius 1 is 1.35 bits per heavy atom. The summed E-state index contributed by atoms with van der Waals surface area (Å²) in [6.45, 7) is -0.0171. The van der Waals surface area contributed by atoms with Crippen LogP contribution in [-0.2, 0) is 20.6 Å². The van der Waals surface area contributed by atoms with Gasteiger partial charge in [-0.3, -0.25) is 19.4 Å². The van der Waals surface area contributed by atoms with E-state index in [4.69, 9.17) is 0 Å². The van der Waals surface area contributed by atoms with Crippen molar-refractivity contribution >= 4 is 29.0 Å². The molecule has 0 atom stereocenters. The number of H-pyrrole nitrogens is 1. The fourth-order valence-corrected chi connectivity index (χ4v) is 2.54. The van der Waals surface area contributed by atoms with Gasteiger partial charge in [0.2, 0.25) is 6.33 Å². The van der Waals surface area contributed by atoms with E-state index in [9.17, 15) is 19.5 Å². The molecule has 0 aliphatic carbocycles. The molecule has 2 aromatic heterocycles. The van der Waals surface area contributed by atoms with E-state index in [0.717, 1.165) is 4.57 Å². The lowest BCUT2D eigenvalue weighted by Gasteiger charge is -2.05. The molecular formula is C16H16N6O4. The summed E-state index contributed by atoms with van der Waals surface area (Å²) in [4.78, 5) is 38.4. The number of anilines is 1. The van der Waals surface area contributed by atoms with Crippen LogP contribution in [0.25, 0.3) is 11.2 Å². The number of aromatic nitrogens is 4. The number of aryl methyl sites for hydroxylation is 2. The van der Waals surface area contributed by atoms with Gasteiger partial charge >= 0.3 is 11.2 Å². The zero-order valence-corrected chi connectivity index (χ0v) is 14.1. The summed E-state index contributed by atoms with van der Waals surface area (Å²) >= 11 is 0. The van der Waals surface area contributed by atoms with Gasteiger partial charge in [0, 0.05) is 13.3 Å². The van der Waals surface area contributed by atoms with E-state index in [1.165, 1.54) is 35.0 Å². The van der Waals surface area contributed by atoms with Crippen LogP contribution in [-0.4, -0.2) is 26.3 Å². The minimum Gasteiger partial charge on any atom is -0.545 e. The number of aromatic carboxylic acids is 1. The van der Waals surface area contributed by atoms with Crippen LogP contribution in [0.3, 0.4) is 0 Å². The van der Waals surface area contributed by atoms with E-state index in [0.29, 0.717) is 16.9 Å². The first-order chi connectivity index (χ1) is 12.4. The molecule has 0 bridgehead atoms. The van der Waals surface area contributed by atoms with Crippen LogP contribution < -0.4 is 26.3 Å². The maximum Gasteiger partial charge on any atom is 0.334 e. The van der Waals surface area contributed by atoms with E-state index < -0.39 is 17.2 Å². The standard InChI is InChI=1S/C16H16N6O4/c1-20-9-17-13-12(20)14(23)22(16(26)21(13)2)8-7-18-19-11-5-3-10(4-6-11)15(24)25/h3-7,9,19H,8H2,1-2H3,(H,24,25). The second-order valence-corrected chi connectivity index (χ2v) is 5.63. The lowest BCUT2D eigenvalue weighted by molar-refractivity contribution is -0.645. The number of fused-ring (bicyclic) bond motifs is 1. The molecule has 0 saturated carbocycles. The summed E-state index contributed by atoms with van der Waals surface area (Å²) in [6.07, 6.45) is 2.98. The zero-order valence-electron chi connectivity index (χ0n) is 14.1. The summed E-state index contributed by atoms with van der Waals surface area (Å²) in [7, 11) is 3.28. The molecule has 0 aliphatic rings. The third-order valence-corrected chi connectivity index (χ3v) is 3.94. The average Bonchev–Trinajstić information content (AvgIpc) is 3.01. The molecule has 1 aromatic carbocycles. The van der Waals surface area contributed by atoms with Gasteiger partial charge in [0.05, 0.1) is 25.2 Å². The highest BCUT2D eigenvalue weighted by atomic mass is 16.4. The Labute approximate surface area is 146 Å². The van der Waals surface area contributed by atoms with Gasteiger partial charge in [0.25, 0.3) is 11.2 Å². The molecular weight excluding hydrogens is 340 g/mol. The number of carbonyl (C=O) groups excluding carboxylic acids is 1. The Hall–Kier alpha value is -3.69. The maximum atomic E-state index is 12.5. The maximum absolute atomic E-state index is 12.5. The largest absolute Gasteiger partial charge is 0.545 e. The van der Waals surface area contributed by atoms with Gasteiger partial charge in [-0.2, -0.15) is 5.10 Å². The van der Waals surface area contributed by atoms with Crippen molar-refractivity contribution in [3.8, 4) is 0 Å². The van der Waals surface area contributed by atoms with Gasteiger partial charge in [-0.25, -0.2) is 14.3 Å². The zero-order chi connectivity index (χ0) is 18.8. The molecule has 10 nitrogen and oxygen atoms in total. The number of hydrogen-bond donors (Lipinski definition) is 2. The first-order valence-electron chi connectivity index (χ1n) is 7.65. The fourth-order valence-electron chi connectivity index (χ4n) is 2.54. The van der Waals surface area contributed by atoms with Crippen LogP contribution in [0, 0.1) is 0 Å². The van der Waals surface area contributed by atoms with Crippen LogP contribution in [0.5, 0.6) is 0 Å². The van der Waals surface area contributed by atoms with Gasteiger partial charge in [-0.15, -0.1) is 0 Å². The average molecular weight is 356 g/mol. The quantitative estimate of drug-likeness (QED) is 0.320. The van der Waals surface area contributed by atoms with Crippen LogP contribution in [0.1, 0.15) is 10.4 Å². The lowest BCUT2D eigenvalue weighted by atomic mass is 10.2. The molecule has 0 unspecified atom stereocenters. The van der Waals surface area contributed by atoms with E-state index in [-0.39, 0.29) is 12.1 Å². The monoisotopic (exact) mass is 356 g/mol. The van der Waals surface area contributed by atoms with Crippen LogP contribution >= 0.6 is 0 Å². The second kappa shape index (κ2) is 6.67. The van der Waals surface area contributed by atoms with E-state index in [2.05, 4.69) is 15.5 Å². The number of hydrogen-bond acceptors (Lipinski definition) is 6. The molecule has 3 rings (SSSR count). The van der Waals surface area contributed by atoms with Gasteiger partial charge in [0.15, 0.2) is 0 Å². The Balaban J connectivity index is 1.80. The van der Waals surface area contributed by atoms with Crippen molar-refractivity contribution in [2.45, 2.75) is 6.54 Å². The number of carbonyl (C=O) groups is 1. The topological polar surface area (TPSA) is 128 Å². The Morgan fingerprint density at radius 3 is 2.69 bits per heavy atom. The molecule has 134 valence electrons. The van der Waals surface area contributed by atoms with Crippen molar-refractivity contribution in [3.63, 3.8) is 0 Å². The molecule has 26 heavy (non-hydrogen) atoms. The number of nitrogens with one attached hydrogen (secondary N) is 2. The second-order valence-electron chi connectivity index (χ2n) is 5.63. The van der Waals surface area contributed by atoms with Gasteiger partial charge in [0.1, 0.15) is 0 Å². The van der Waals surface area contributed by atoms with E-state index >= 15 is 0 Å². The Kier molecular flexibility index (Phi) is 4.40. The summed E-state index contributed by atoms with van der Waals surface area (Å²) in [6, 6.07) is 5.82. The van der Waals surface area contributed by atoms with Gasteiger partial charge in [-0.05, 0) is 17.7 Å². The highest BCUT2D eigenvalue weighted by Gasteiger charge is 2.18. The first-order valence-corrected chi connectivity index (χ1v) is 7.65. The number of benzene rings is 1. The SMILES string of the molecule is Cn1c(=O)n(CC=NNc2ccc(C(=O)[O-])cc2)c(=O)c2c1[nH]c[n+]2C. The fraction of sp³-hybridized carbons (Fsp3) is 0.188. The smallest absolute Gasteiger partial charge is 0.334 e. The van der Waals surface area contributed by atoms with Crippen molar-refractivity contribution < 1.29 is 14.5 Å². The van der Waals surface area contributed by atoms with Crippen molar-refractivity contribution in [3.05, 3.63) is 57.0 Å². The van der Waals surface area contributed by atoms with Gasteiger partial charge in [-0.1, -0.05) is 12.1 Å². The third kappa shape index (κ3) is 2.99. The van der Waals surface area contributed by atoms with E-state index in [1.807, 2.05) is 0 Å². The number of carboxylic acids is 1. The van der Waals surface area contributed by atoms with Gasteiger partial charge < -0.3 is 9.90 Å². The molecule has 10 heteroatoms. The van der Waals surface area contributed by atoms with Crippen LogP contribution in [0.4, 0.5) is 5.69 Å². The number of hydrazone groups is 1. The van der Waals surface area contributed by atoms with Crippen LogP contribution in [0.2, 0.25) is 0 Å². The predicted molar refractivity (Wildman–Crippen MR) is 91.9 cm³/mol. The number of imidazole rings is 1. The molecule has 0 amide bonds. The molecule has 0 aliphatic heterocycles. The first kappa shape index (κ1) is 17.1. The van der Waals surface area contributed by atoms with Crippen molar-refractivity contribution in [2.24, 2.45) is 19.2 Å². The number of carboxylic acid groups (broad SMARTS) is 1. The normalized spacial score (nSPS) is 11.3. The molecule has 2 N–H and O–H groups in total. The van der Waals surface area contributed by atoms with Crippen LogP contribution in [0.15, 0.2) is 45.3 Å². The van der Waals surface area contributed by atoms with Crippen molar-refractivity contribution in [2.75, 3.05) is 5.43 Å². The van der Waals surface area contributed by atoms with E-state index in [1.54, 1.807) is 25.0 Å². The third-order valence-electron chi connectivity index (χ3n) is 3.94. The molecule has 3 aromatic rings. The highest BCUT2D eigenvalue weighted by Crippen LogP contribution is 2.08. The number of aromatic amines is 1. The molecule has 0 fully saturated rings. The minimum atomic E-state index is -1.26. The minimum absolute atomic E-state index is 0.0171. The molecule has 0 radical (unpaired) electrons. The number of nitrogens with zero attached hydrogens (tertiary/aromatic N) is 4. The Morgan fingerprint density at radius 2 is 2.04 bits per heavy atom. The molecule has 0 saturated heterocycles. The number of rotatable bonds is 5. The summed E-state index contributed by atoms with van der Waals surface area (Å²) in [5, 5.41) is 14.6. The van der Waals surface area contributed by atoms with Crippen molar-refractivity contribution in [1.29, 1.82) is 0 Å². The lowest BCUT2D eigenvalue weighted by Crippen LogP contribution is -2.43. The molecule has 0 spiro atoms. The summed E-state index contributed by atoms with van der Waals surface area (Å²) < 4.78 is 4.04. The predicted octanol–water partition coefficient (Wildman–Crippen LogP) is -1.69.